The summed E-state index contributed by atoms with van der Waals surface area (Å²) in [5.74, 6) is 0.932. The maximum Gasteiger partial charge on any atom is 0.270 e. The number of rotatable bonds is 5. The van der Waals surface area contributed by atoms with Crippen molar-refractivity contribution in [3.05, 3.63) is 29.8 Å². The van der Waals surface area contributed by atoms with Crippen LogP contribution in [0.3, 0.4) is 0 Å². The fourth-order valence-electron chi connectivity index (χ4n) is 2.46. The molecule has 1 aromatic rings. The summed E-state index contributed by atoms with van der Waals surface area (Å²) in [5.41, 5.74) is 1.17. The number of hydrogen-bond acceptors (Lipinski definition) is 4. The molecule has 0 atom stereocenters. The zero-order valence-electron chi connectivity index (χ0n) is 13.6. The fourth-order valence-corrected chi connectivity index (χ4v) is 2.46. The molecule has 1 aliphatic heterocycles. The van der Waals surface area contributed by atoms with E-state index in [0.29, 0.717) is 35.9 Å². The first kappa shape index (κ1) is 16.4. The first-order valence-corrected chi connectivity index (χ1v) is 7.36. The van der Waals surface area contributed by atoms with Gasteiger partial charge in [0.25, 0.3) is 5.91 Å². The number of ether oxygens (including phenoxy) is 2. The van der Waals surface area contributed by atoms with Crippen LogP contribution >= 0.6 is 0 Å². The summed E-state index contributed by atoms with van der Waals surface area (Å²) < 4.78 is 11.5. The van der Waals surface area contributed by atoms with E-state index in [0.717, 1.165) is 5.57 Å². The number of hydrogen-bond donors (Lipinski definition) is 1. The van der Waals surface area contributed by atoms with Gasteiger partial charge in [0, 0.05) is 6.54 Å². The quantitative estimate of drug-likeness (QED) is 0.850. The second kappa shape index (κ2) is 6.01. The predicted octanol–water partition coefficient (Wildman–Crippen LogP) is 2.66. The van der Waals surface area contributed by atoms with Gasteiger partial charge in [-0.2, -0.15) is 0 Å². The van der Waals surface area contributed by atoms with E-state index in [2.05, 4.69) is 6.58 Å². The lowest BCUT2D eigenvalue weighted by Crippen LogP contribution is -2.53. The lowest BCUT2D eigenvalue weighted by molar-refractivity contribution is -0.132. The Morgan fingerprint density at radius 3 is 2.68 bits per heavy atom. The van der Waals surface area contributed by atoms with E-state index in [9.17, 15) is 9.90 Å². The summed E-state index contributed by atoms with van der Waals surface area (Å²) >= 11 is 0. The molecule has 0 aliphatic carbocycles. The van der Waals surface area contributed by atoms with Gasteiger partial charge < -0.3 is 19.5 Å². The summed E-state index contributed by atoms with van der Waals surface area (Å²) in [6.45, 7) is 11.8. The Hall–Kier alpha value is -2.01. The number of carbonyl (C=O) groups excluding carboxylic acids is 1. The minimum Gasteiger partial charge on any atom is -0.490 e. The van der Waals surface area contributed by atoms with Crippen molar-refractivity contribution < 1.29 is 19.4 Å². The molecule has 1 N–H and O–H groups in total. The summed E-state index contributed by atoms with van der Waals surface area (Å²) in [6.07, 6.45) is 0. The highest BCUT2D eigenvalue weighted by molar-refractivity contribution is 6.03. The van der Waals surface area contributed by atoms with E-state index < -0.39 is 5.60 Å². The van der Waals surface area contributed by atoms with Gasteiger partial charge in [0.2, 0.25) is 0 Å². The molecule has 0 fully saturated rings. The molecule has 0 spiro atoms. The topological polar surface area (TPSA) is 59.0 Å². The minimum absolute atomic E-state index is 0.133. The van der Waals surface area contributed by atoms with Gasteiger partial charge in [0.1, 0.15) is 0 Å². The maximum atomic E-state index is 12.7. The molecule has 5 nitrogen and oxygen atoms in total. The number of fused-ring (bicyclic) bond motifs is 1. The highest BCUT2D eigenvalue weighted by atomic mass is 16.5. The average Bonchev–Trinajstić information content (AvgIpc) is 2.44. The van der Waals surface area contributed by atoms with E-state index in [-0.39, 0.29) is 12.5 Å². The Balaban J connectivity index is 2.63. The Morgan fingerprint density at radius 1 is 1.45 bits per heavy atom. The highest BCUT2D eigenvalue weighted by Gasteiger charge is 2.42. The van der Waals surface area contributed by atoms with Crippen LogP contribution in [-0.2, 0) is 11.4 Å². The van der Waals surface area contributed by atoms with E-state index >= 15 is 0 Å². The van der Waals surface area contributed by atoms with Crippen molar-refractivity contribution in [2.24, 2.45) is 0 Å². The van der Waals surface area contributed by atoms with E-state index in [1.165, 1.54) is 0 Å². The van der Waals surface area contributed by atoms with Crippen molar-refractivity contribution in [3.8, 4) is 11.5 Å². The van der Waals surface area contributed by atoms with E-state index in [1.54, 1.807) is 30.9 Å². The molecule has 0 bridgehead atoms. The van der Waals surface area contributed by atoms with Gasteiger partial charge in [-0.3, -0.25) is 4.79 Å². The van der Waals surface area contributed by atoms with Crippen molar-refractivity contribution in [3.63, 3.8) is 0 Å². The fraction of sp³-hybridized carbons (Fsp3) is 0.471. The zero-order valence-corrected chi connectivity index (χ0v) is 13.6. The van der Waals surface area contributed by atoms with Gasteiger partial charge in [0.15, 0.2) is 17.1 Å². The SMILES string of the molecule is C=C(C)CN1C(=O)C(C)(C)Oc2c(OCC)cc(CO)cc21. The van der Waals surface area contributed by atoms with Gasteiger partial charge in [0.05, 0.1) is 18.9 Å². The molecule has 0 unspecified atom stereocenters. The Kier molecular flexibility index (Phi) is 4.47. The first-order valence-electron chi connectivity index (χ1n) is 7.36. The van der Waals surface area contributed by atoms with Crippen LogP contribution in [0.5, 0.6) is 11.5 Å². The molecular weight excluding hydrogens is 282 g/mol. The second-order valence-corrected chi connectivity index (χ2v) is 5.99. The average molecular weight is 305 g/mol. The molecule has 1 heterocycles. The van der Waals surface area contributed by atoms with Crippen molar-refractivity contribution in [2.75, 3.05) is 18.1 Å². The summed E-state index contributed by atoms with van der Waals surface area (Å²) in [4.78, 5) is 14.3. The van der Waals surface area contributed by atoms with Gasteiger partial charge in [-0.05, 0) is 45.4 Å². The van der Waals surface area contributed by atoms with Crippen molar-refractivity contribution in [1.29, 1.82) is 0 Å². The summed E-state index contributed by atoms with van der Waals surface area (Å²) in [7, 11) is 0. The van der Waals surface area contributed by atoms with Crippen molar-refractivity contribution in [2.45, 2.75) is 39.9 Å². The van der Waals surface area contributed by atoms with E-state index in [4.69, 9.17) is 9.47 Å². The number of anilines is 1. The number of aliphatic hydroxyl groups is 1. The molecule has 1 aromatic carbocycles. The number of amides is 1. The van der Waals surface area contributed by atoms with Crippen LogP contribution in [0.4, 0.5) is 5.69 Å². The van der Waals surface area contributed by atoms with Crippen molar-refractivity contribution >= 4 is 11.6 Å². The minimum atomic E-state index is -0.977. The van der Waals surface area contributed by atoms with Crippen LogP contribution in [0.25, 0.3) is 0 Å². The standard InChI is InChI=1S/C17H23NO4/c1-6-21-14-8-12(10-19)7-13-15(14)22-17(4,5)16(20)18(13)9-11(2)3/h7-8,19H,2,6,9-10H2,1,3-5H3. The van der Waals surface area contributed by atoms with Gasteiger partial charge in [-0.1, -0.05) is 12.2 Å². The van der Waals surface area contributed by atoms with Gasteiger partial charge in [-0.25, -0.2) is 0 Å². The molecule has 0 aromatic heterocycles. The number of benzene rings is 1. The van der Waals surface area contributed by atoms with E-state index in [1.807, 2.05) is 13.8 Å². The number of aliphatic hydroxyl groups excluding tert-OH is 1. The van der Waals surface area contributed by atoms with Crippen LogP contribution in [0.15, 0.2) is 24.3 Å². The Bertz CT molecular complexity index is 607. The summed E-state index contributed by atoms with van der Waals surface area (Å²) in [5, 5.41) is 9.45. The maximum absolute atomic E-state index is 12.7. The number of carbonyl (C=O) groups is 1. The highest BCUT2D eigenvalue weighted by Crippen LogP contribution is 2.45. The van der Waals surface area contributed by atoms with Gasteiger partial charge >= 0.3 is 0 Å². The lowest BCUT2D eigenvalue weighted by Gasteiger charge is -2.39. The Morgan fingerprint density at radius 2 is 2.14 bits per heavy atom. The third-order valence-electron chi connectivity index (χ3n) is 3.41. The van der Waals surface area contributed by atoms with Crippen LogP contribution in [-0.4, -0.2) is 29.8 Å². The van der Waals surface area contributed by atoms with Crippen molar-refractivity contribution in [1.82, 2.24) is 0 Å². The summed E-state index contributed by atoms with van der Waals surface area (Å²) in [6, 6.07) is 3.50. The normalized spacial score (nSPS) is 16.0. The smallest absolute Gasteiger partial charge is 0.270 e. The van der Waals surface area contributed by atoms with Crippen LogP contribution in [0.2, 0.25) is 0 Å². The molecular formula is C17H23NO4. The molecule has 22 heavy (non-hydrogen) atoms. The first-order chi connectivity index (χ1) is 10.3. The third kappa shape index (κ3) is 2.95. The van der Waals surface area contributed by atoms with Gasteiger partial charge in [-0.15, -0.1) is 0 Å². The Labute approximate surface area is 131 Å². The molecule has 0 saturated carbocycles. The largest absolute Gasteiger partial charge is 0.490 e. The lowest BCUT2D eigenvalue weighted by atomic mass is 10.0. The van der Waals surface area contributed by atoms with Crippen LogP contribution in [0, 0.1) is 0 Å². The number of nitrogens with zero attached hydrogens (tertiary/aromatic N) is 1. The molecule has 0 saturated heterocycles. The molecule has 0 radical (unpaired) electrons. The molecule has 5 heteroatoms. The van der Waals surface area contributed by atoms with Crippen LogP contribution in [0.1, 0.15) is 33.3 Å². The zero-order chi connectivity index (χ0) is 16.5. The molecule has 1 aliphatic rings. The molecule has 120 valence electrons. The third-order valence-corrected chi connectivity index (χ3v) is 3.41. The second-order valence-electron chi connectivity index (χ2n) is 5.99. The molecule has 1 amide bonds. The van der Waals surface area contributed by atoms with Crippen LogP contribution < -0.4 is 14.4 Å². The molecule has 2 rings (SSSR count). The monoisotopic (exact) mass is 305 g/mol. The predicted molar refractivity (Wildman–Crippen MR) is 85.4 cm³/mol.